The number of aromatic nitrogens is 1. The molecule has 1 aromatic heterocycles. The van der Waals surface area contributed by atoms with Gasteiger partial charge in [0.05, 0.1) is 12.6 Å². The largest absolute Gasteiger partial charge is 0.385 e. The highest BCUT2D eigenvalue weighted by molar-refractivity contribution is 6.07. The molecular weight excluding hydrogens is 260 g/mol. The molecule has 0 aliphatic rings. The minimum Gasteiger partial charge on any atom is -0.385 e. The van der Waals surface area contributed by atoms with Gasteiger partial charge < -0.3 is 15.0 Å². The van der Waals surface area contributed by atoms with E-state index in [9.17, 15) is 5.11 Å². The molecule has 0 amide bonds. The number of quaternary nitrogens is 1. The zero-order chi connectivity index (χ0) is 14.8. The Morgan fingerprint density at radius 3 is 2.00 bits per heavy atom. The van der Waals surface area contributed by atoms with E-state index >= 15 is 0 Å². The number of nitrogens with zero attached hydrogens (tertiary/aromatic N) is 1. The summed E-state index contributed by atoms with van der Waals surface area (Å²) in [6.45, 7) is 5.66. The van der Waals surface area contributed by atoms with Gasteiger partial charge in [-0.3, -0.25) is 0 Å². The molecule has 0 saturated heterocycles. The molecule has 0 fully saturated rings. The molecule has 2 aromatic carbocycles. The van der Waals surface area contributed by atoms with E-state index in [1.54, 1.807) is 0 Å². The lowest BCUT2D eigenvalue weighted by atomic mass is 10.2. The van der Waals surface area contributed by atoms with E-state index in [0.717, 1.165) is 6.54 Å². The van der Waals surface area contributed by atoms with Crippen LogP contribution in [0.2, 0.25) is 0 Å². The lowest BCUT2D eigenvalue weighted by Gasteiger charge is -2.14. The Labute approximate surface area is 125 Å². The number of benzene rings is 2. The van der Waals surface area contributed by atoms with Crippen LogP contribution < -0.4 is 5.32 Å². The summed E-state index contributed by atoms with van der Waals surface area (Å²) in [5.41, 5.74) is 2.39. The van der Waals surface area contributed by atoms with Crippen molar-refractivity contribution in [2.24, 2.45) is 0 Å². The Balaban J connectivity index is 1.99. The van der Waals surface area contributed by atoms with Crippen molar-refractivity contribution in [1.82, 2.24) is 4.57 Å². The SMILES string of the molecule is CC(C)[NH2+]C[C@@H](O)Cn1c2ccccc2c2ccccc21. The quantitative estimate of drug-likeness (QED) is 0.740. The van der Waals surface area contributed by atoms with E-state index in [4.69, 9.17) is 0 Å². The Bertz CT molecular complexity index is 692. The zero-order valence-corrected chi connectivity index (χ0v) is 12.7. The van der Waals surface area contributed by atoms with Gasteiger partial charge in [-0.15, -0.1) is 0 Å². The van der Waals surface area contributed by atoms with Crippen LogP contribution in [0.5, 0.6) is 0 Å². The summed E-state index contributed by atoms with van der Waals surface area (Å²) in [7, 11) is 0. The first-order valence-electron chi connectivity index (χ1n) is 7.64. The fraction of sp³-hybridized carbons (Fsp3) is 0.333. The van der Waals surface area contributed by atoms with E-state index in [0.29, 0.717) is 12.6 Å². The maximum atomic E-state index is 10.3. The maximum Gasteiger partial charge on any atom is 0.121 e. The summed E-state index contributed by atoms with van der Waals surface area (Å²) >= 11 is 0. The van der Waals surface area contributed by atoms with Crippen LogP contribution in [-0.2, 0) is 6.54 Å². The molecule has 3 rings (SSSR count). The summed E-state index contributed by atoms with van der Waals surface area (Å²) < 4.78 is 2.24. The smallest absolute Gasteiger partial charge is 0.121 e. The first kappa shape index (κ1) is 14.1. The van der Waals surface area contributed by atoms with Gasteiger partial charge in [0.15, 0.2) is 0 Å². The Kier molecular flexibility index (Phi) is 3.95. The standard InChI is InChI=1S/C18H22N2O/c1-13(2)19-11-14(21)12-20-17-9-5-3-7-15(17)16-8-4-6-10-18(16)20/h3-10,13-14,19,21H,11-12H2,1-2H3/p+1/t14-/m1/s1. The van der Waals surface area contributed by atoms with Crippen LogP contribution in [0.1, 0.15) is 13.8 Å². The molecule has 3 nitrogen and oxygen atoms in total. The van der Waals surface area contributed by atoms with Gasteiger partial charge in [-0.05, 0) is 26.0 Å². The first-order chi connectivity index (χ1) is 10.2. The Hall–Kier alpha value is -1.84. The van der Waals surface area contributed by atoms with Crippen LogP contribution in [0, 0.1) is 0 Å². The molecule has 3 heteroatoms. The second-order valence-corrected chi connectivity index (χ2v) is 6.01. The minimum atomic E-state index is -0.341. The molecular formula is C18H23N2O+. The van der Waals surface area contributed by atoms with E-state index in [-0.39, 0.29) is 6.10 Å². The predicted molar refractivity (Wildman–Crippen MR) is 87.4 cm³/mol. The van der Waals surface area contributed by atoms with Crippen LogP contribution in [0.25, 0.3) is 21.8 Å². The third-order valence-electron chi connectivity index (χ3n) is 3.95. The Morgan fingerprint density at radius 1 is 0.952 bits per heavy atom. The highest BCUT2D eigenvalue weighted by Crippen LogP contribution is 2.28. The van der Waals surface area contributed by atoms with Crippen molar-refractivity contribution >= 4 is 21.8 Å². The number of para-hydroxylation sites is 2. The molecule has 1 heterocycles. The van der Waals surface area contributed by atoms with Crippen LogP contribution in [0.15, 0.2) is 48.5 Å². The fourth-order valence-electron chi connectivity index (χ4n) is 2.91. The number of hydrogen-bond acceptors (Lipinski definition) is 1. The Morgan fingerprint density at radius 2 is 1.48 bits per heavy atom. The maximum absolute atomic E-state index is 10.3. The summed E-state index contributed by atoms with van der Waals surface area (Å²) in [5.74, 6) is 0. The molecule has 0 aliphatic carbocycles. The highest BCUT2D eigenvalue weighted by Gasteiger charge is 2.14. The molecule has 0 radical (unpaired) electrons. The second-order valence-electron chi connectivity index (χ2n) is 6.01. The van der Waals surface area contributed by atoms with Gasteiger partial charge in [-0.25, -0.2) is 0 Å². The van der Waals surface area contributed by atoms with Gasteiger partial charge >= 0.3 is 0 Å². The van der Waals surface area contributed by atoms with E-state index in [1.165, 1.54) is 21.8 Å². The van der Waals surface area contributed by atoms with Crippen molar-refractivity contribution in [3.63, 3.8) is 0 Å². The lowest BCUT2D eigenvalue weighted by Crippen LogP contribution is -2.90. The normalized spacial score (nSPS) is 13.3. The molecule has 3 aromatic rings. The molecule has 0 unspecified atom stereocenters. The van der Waals surface area contributed by atoms with Crippen molar-refractivity contribution in [3.8, 4) is 0 Å². The summed E-state index contributed by atoms with van der Waals surface area (Å²) in [5, 5.41) is 15.0. The number of fused-ring (bicyclic) bond motifs is 3. The van der Waals surface area contributed by atoms with Crippen LogP contribution >= 0.6 is 0 Å². The molecule has 21 heavy (non-hydrogen) atoms. The van der Waals surface area contributed by atoms with Crippen molar-refractivity contribution in [3.05, 3.63) is 48.5 Å². The van der Waals surface area contributed by atoms with Gasteiger partial charge in [0.25, 0.3) is 0 Å². The zero-order valence-electron chi connectivity index (χ0n) is 12.7. The summed E-state index contributed by atoms with van der Waals surface area (Å²) in [4.78, 5) is 0. The van der Waals surface area contributed by atoms with Crippen molar-refractivity contribution < 1.29 is 10.4 Å². The number of rotatable bonds is 5. The molecule has 0 aliphatic heterocycles. The van der Waals surface area contributed by atoms with Crippen LogP contribution in [0.4, 0.5) is 0 Å². The van der Waals surface area contributed by atoms with Gasteiger partial charge in [0.1, 0.15) is 12.6 Å². The number of nitrogens with two attached hydrogens (primary N) is 1. The van der Waals surface area contributed by atoms with Crippen LogP contribution in [0.3, 0.4) is 0 Å². The van der Waals surface area contributed by atoms with Crippen molar-refractivity contribution in [2.45, 2.75) is 32.5 Å². The molecule has 3 N–H and O–H groups in total. The van der Waals surface area contributed by atoms with Crippen LogP contribution in [-0.4, -0.2) is 28.4 Å². The minimum absolute atomic E-state index is 0.341. The summed E-state index contributed by atoms with van der Waals surface area (Å²) in [6, 6.07) is 17.3. The predicted octanol–water partition coefficient (Wildman–Crippen LogP) is 2.13. The fourth-order valence-corrected chi connectivity index (χ4v) is 2.91. The van der Waals surface area contributed by atoms with E-state index in [2.05, 4.69) is 72.3 Å². The first-order valence-corrected chi connectivity index (χ1v) is 7.64. The highest BCUT2D eigenvalue weighted by atomic mass is 16.3. The average molecular weight is 283 g/mol. The second kappa shape index (κ2) is 5.88. The van der Waals surface area contributed by atoms with E-state index in [1.807, 2.05) is 0 Å². The molecule has 0 bridgehead atoms. The van der Waals surface area contributed by atoms with Crippen molar-refractivity contribution in [1.29, 1.82) is 0 Å². The average Bonchev–Trinajstić information content (AvgIpc) is 2.80. The van der Waals surface area contributed by atoms with Crippen molar-refractivity contribution in [2.75, 3.05) is 6.54 Å². The lowest BCUT2D eigenvalue weighted by molar-refractivity contribution is -0.688. The molecule has 0 saturated carbocycles. The molecule has 1 atom stereocenters. The number of aliphatic hydroxyl groups is 1. The van der Waals surface area contributed by atoms with Gasteiger partial charge in [-0.2, -0.15) is 0 Å². The van der Waals surface area contributed by atoms with E-state index < -0.39 is 0 Å². The van der Waals surface area contributed by atoms with Gasteiger partial charge in [-0.1, -0.05) is 36.4 Å². The molecule has 0 spiro atoms. The number of aliphatic hydroxyl groups excluding tert-OH is 1. The third-order valence-corrected chi connectivity index (χ3v) is 3.95. The topological polar surface area (TPSA) is 41.8 Å². The molecule has 110 valence electrons. The monoisotopic (exact) mass is 283 g/mol. The van der Waals surface area contributed by atoms with Gasteiger partial charge in [0.2, 0.25) is 0 Å². The summed E-state index contributed by atoms with van der Waals surface area (Å²) in [6.07, 6.45) is -0.341. The van der Waals surface area contributed by atoms with Gasteiger partial charge in [0, 0.05) is 21.8 Å². The number of hydrogen-bond donors (Lipinski definition) is 2. The third kappa shape index (κ3) is 2.80.